The predicted molar refractivity (Wildman–Crippen MR) is 57.7 cm³/mol. The Morgan fingerprint density at radius 1 is 1.25 bits per heavy atom. The molecule has 2 heterocycles. The standard InChI is InChI=1S/C10H18N4O2/c15-7-6-13-2-1-3-14(5-4-13)8-10-11-9-12-16-10/h9,15H,1-8H2. The average Bonchev–Trinajstić information content (AvgIpc) is 2.68. The van der Waals surface area contributed by atoms with Crippen LogP contribution in [-0.2, 0) is 6.54 Å². The Bertz CT molecular complexity index is 291. The van der Waals surface area contributed by atoms with E-state index >= 15 is 0 Å². The predicted octanol–water partition coefficient (Wildman–Crippen LogP) is -0.430. The Balaban J connectivity index is 1.80. The molecule has 2 rings (SSSR count). The van der Waals surface area contributed by atoms with Gasteiger partial charge in [0.1, 0.15) is 0 Å². The molecule has 0 radical (unpaired) electrons. The maximum atomic E-state index is 8.90. The summed E-state index contributed by atoms with van der Waals surface area (Å²) < 4.78 is 5.00. The van der Waals surface area contributed by atoms with Crippen LogP contribution in [0, 0.1) is 0 Å². The van der Waals surface area contributed by atoms with Gasteiger partial charge in [0.05, 0.1) is 13.2 Å². The molecule has 1 fully saturated rings. The van der Waals surface area contributed by atoms with E-state index in [1.807, 2.05) is 0 Å². The molecule has 16 heavy (non-hydrogen) atoms. The number of hydrogen-bond acceptors (Lipinski definition) is 6. The van der Waals surface area contributed by atoms with E-state index in [1.54, 1.807) is 0 Å². The summed E-state index contributed by atoms with van der Waals surface area (Å²) >= 11 is 0. The first kappa shape index (κ1) is 11.5. The zero-order valence-corrected chi connectivity index (χ0v) is 9.38. The number of aliphatic hydroxyl groups excluding tert-OH is 1. The Kier molecular flexibility index (Phi) is 4.26. The smallest absolute Gasteiger partial charge is 0.240 e. The molecule has 0 saturated carbocycles. The van der Waals surface area contributed by atoms with Gasteiger partial charge in [0.15, 0.2) is 6.33 Å². The average molecular weight is 226 g/mol. The van der Waals surface area contributed by atoms with Crippen LogP contribution < -0.4 is 0 Å². The van der Waals surface area contributed by atoms with Gasteiger partial charge in [-0.15, -0.1) is 0 Å². The highest BCUT2D eigenvalue weighted by atomic mass is 16.5. The Hall–Kier alpha value is -0.980. The van der Waals surface area contributed by atoms with Crippen molar-refractivity contribution in [3.8, 4) is 0 Å². The largest absolute Gasteiger partial charge is 0.395 e. The minimum Gasteiger partial charge on any atom is -0.395 e. The number of aliphatic hydroxyl groups is 1. The molecule has 1 aliphatic heterocycles. The second kappa shape index (κ2) is 5.93. The third-order valence-electron chi connectivity index (χ3n) is 2.86. The molecule has 0 bridgehead atoms. The van der Waals surface area contributed by atoms with Gasteiger partial charge in [0.25, 0.3) is 0 Å². The lowest BCUT2D eigenvalue weighted by Gasteiger charge is -2.19. The van der Waals surface area contributed by atoms with Crippen molar-refractivity contribution in [2.45, 2.75) is 13.0 Å². The first-order chi connectivity index (χ1) is 7.88. The van der Waals surface area contributed by atoms with E-state index in [-0.39, 0.29) is 6.61 Å². The van der Waals surface area contributed by atoms with E-state index in [9.17, 15) is 0 Å². The summed E-state index contributed by atoms with van der Waals surface area (Å²) in [4.78, 5) is 8.62. The third kappa shape index (κ3) is 3.26. The van der Waals surface area contributed by atoms with Crippen molar-refractivity contribution < 1.29 is 9.63 Å². The summed E-state index contributed by atoms with van der Waals surface area (Å²) in [6.07, 6.45) is 2.55. The van der Waals surface area contributed by atoms with Gasteiger partial charge in [-0.3, -0.25) is 9.80 Å². The normalized spacial score (nSPS) is 19.8. The van der Waals surface area contributed by atoms with Gasteiger partial charge in [-0.2, -0.15) is 4.98 Å². The molecule has 0 spiro atoms. The fraction of sp³-hybridized carbons (Fsp3) is 0.800. The van der Waals surface area contributed by atoms with Gasteiger partial charge in [-0.1, -0.05) is 5.16 Å². The SMILES string of the molecule is OCCN1CCCN(Cc2ncno2)CC1. The zero-order chi connectivity index (χ0) is 11.2. The molecule has 0 aromatic carbocycles. The van der Waals surface area contributed by atoms with Crippen molar-refractivity contribution in [3.05, 3.63) is 12.2 Å². The molecule has 0 amide bonds. The molecular formula is C10H18N4O2. The van der Waals surface area contributed by atoms with Gasteiger partial charge >= 0.3 is 0 Å². The maximum Gasteiger partial charge on any atom is 0.240 e. The van der Waals surface area contributed by atoms with Crippen LogP contribution >= 0.6 is 0 Å². The monoisotopic (exact) mass is 226 g/mol. The quantitative estimate of drug-likeness (QED) is 0.751. The summed E-state index contributed by atoms with van der Waals surface area (Å²) in [5, 5.41) is 12.5. The highest BCUT2D eigenvalue weighted by molar-refractivity contribution is 4.77. The van der Waals surface area contributed by atoms with E-state index in [1.165, 1.54) is 6.33 Å². The Morgan fingerprint density at radius 2 is 2.06 bits per heavy atom. The summed E-state index contributed by atoms with van der Waals surface area (Å²) in [5.74, 6) is 0.676. The summed E-state index contributed by atoms with van der Waals surface area (Å²) in [7, 11) is 0. The molecule has 1 aromatic heterocycles. The van der Waals surface area contributed by atoms with Crippen LogP contribution in [-0.4, -0.2) is 64.4 Å². The molecule has 0 aliphatic carbocycles. The minimum absolute atomic E-state index is 0.240. The Labute approximate surface area is 94.8 Å². The zero-order valence-electron chi connectivity index (χ0n) is 9.38. The van der Waals surface area contributed by atoms with Crippen molar-refractivity contribution in [2.75, 3.05) is 39.3 Å². The molecular weight excluding hydrogens is 208 g/mol. The molecule has 90 valence electrons. The molecule has 1 N–H and O–H groups in total. The fourth-order valence-electron chi connectivity index (χ4n) is 2.00. The highest BCUT2D eigenvalue weighted by Gasteiger charge is 2.15. The molecule has 1 aromatic rings. The second-order valence-corrected chi connectivity index (χ2v) is 4.03. The van der Waals surface area contributed by atoms with Crippen molar-refractivity contribution in [1.29, 1.82) is 0 Å². The number of hydrogen-bond donors (Lipinski definition) is 1. The van der Waals surface area contributed by atoms with Crippen LogP contribution in [0.4, 0.5) is 0 Å². The number of β-amino-alcohol motifs (C(OH)–C–C–N with tert-alkyl or cyclic N) is 1. The molecule has 0 unspecified atom stereocenters. The molecule has 6 heteroatoms. The van der Waals surface area contributed by atoms with E-state index in [0.717, 1.165) is 45.7 Å². The van der Waals surface area contributed by atoms with Gasteiger partial charge < -0.3 is 9.63 Å². The van der Waals surface area contributed by atoms with Crippen LogP contribution in [0.15, 0.2) is 10.9 Å². The number of rotatable bonds is 4. The first-order valence-corrected chi connectivity index (χ1v) is 5.69. The van der Waals surface area contributed by atoms with Crippen molar-refractivity contribution in [1.82, 2.24) is 19.9 Å². The Morgan fingerprint density at radius 3 is 2.81 bits per heavy atom. The van der Waals surface area contributed by atoms with Crippen LogP contribution in [0.5, 0.6) is 0 Å². The van der Waals surface area contributed by atoms with Crippen LogP contribution in [0.25, 0.3) is 0 Å². The van der Waals surface area contributed by atoms with Crippen molar-refractivity contribution in [3.63, 3.8) is 0 Å². The van der Waals surface area contributed by atoms with E-state index in [0.29, 0.717) is 5.89 Å². The lowest BCUT2D eigenvalue weighted by Crippen LogP contribution is -2.32. The minimum atomic E-state index is 0.240. The van der Waals surface area contributed by atoms with Gasteiger partial charge in [-0.25, -0.2) is 0 Å². The van der Waals surface area contributed by atoms with Gasteiger partial charge in [-0.05, 0) is 19.5 Å². The van der Waals surface area contributed by atoms with E-state index in [4.69, 9.17) is 9.63 Å². The van der Waals surface area contributed by atoms with E-state index < -0.39 is 0 Å². The van der Waals surface area contributed by atoms with Crippen LogP contribution in [0.3, 0.4) is 0 Å². The lowest BCUT2D eigenvalue weighted by molar-refractivity contribution is 0.191. The second-order valence-electron chi connectivity index (χ2n) is 4.03. The van der Waals surface area contributed by atoms with Gasteiger partial charge in [0, 0.05) is 19.6 Å². The van der Waals surface area contributed by atoms with E-state index in [2.05, 4.69) is 19.9 Å². The number of aromatic nitrogens is 2. The number of nitrogens with zero attached hydrogens (tertiary/aromatic N) is 4. The van der Waals surface area contributed by atoms with Crippen LogP contribution in [0.1, 0.15) is 12.3 Å². The summed E-state index contributed by atoms with van der Waals surface area (Å²) in [6, 6.07) is 0. The molecule has 1 saturated heterocycles. The summed E-state index contributed by atoms with van der Waals surface area (Å²) in [5.41, 5.74) is 0. The van der Waals surface area contributed by atoms with Crippen molar-refractivity contribution in [2.24, 2.45) is 0 Å². The van der Waals surface area contributed by atoms with Crippen molar-refractivity contribution >= 4 is 0 Å². The fourth-order valence-corrected chi connectivity index (χ4v) is 2.00. The molecule has 6 nitrogen and oxygen atoms in total. The summed E-state index contributed by atoms with van der Waals surface area (Å²) in [6.45, 7) is 5.83. The third-order valence-corrected chi connectivity index (χ3v) is 2.86. The first-order valence-electron chi connectivity index (χ1n) is 5.69. The molecule has 1 aliphatic rings. The topological polar surface area (TPSA) is 65.6 Å². The maximum absolute atomic E-state index is 8.90. The van der Waals surface area contributed by atoms with Crippen LogP contribution in [0.2, 0.25) is 0 Å². The highest BCUT2D eigenvalue weighted by Crippen LogP contribution is 2.06. The van der Waals surface area contributed by atoms with Gasteiger partial charge in [0.2, 0.25) is 5.89 Å². The lowest BCUT2D eigenvalue weighted by atomic mass is 10.4. The molecule has 0 atom stereocenters.